The van der Waals surface area contributed by atoms with Crippen molar-refractivity contribution >= 4 is 0 Å². The van der Waals surface area contributed by atoms with Gasteiger partial charge < -0.3 is 14.6 Å². The maximum Gasteiger partial charge on any atom is 0.105 e. The van der Waals surface area contributed by atoms with Crippen LogP contribution in [-0.2, 0) is 6.54 Å². The van der Waals surface area contributed by atoms with Gasteiger partial charge in [0.15, 0.2) is 0 Å². The second kappa shape index (κ2) is 7.11. The molecule has 0 saturated carbocycles. The van der Waals surface area contributed by atoms with E-state index in [4.69, 9.17) is 4.42 Å². The van der Waals surface area contributed by atoms with Crippen LogP contribution in [0.25, 0.3) is 0 Å². The molecule has 110 valence electrons. The van der Waals surface area contributed by atoms with E-state index in [0.29, 0.717) is 11.5 Å². The van der Waals surface area contributed by atoms with Crippen molar-refractivity contribution in [1.82, 2.24) is 10.2 Å². The number of aryl methyl sites for hydroxylation is 1. The maximum absolute atomic E-state index is 5.34. The van der Waals surface area contributed by atoms with E-state index >= 15 is 0 Å². The highest BCUT2D eigenvalue weighted by Gasteiger charge is 2.23. The number of hydrogen-bond donors (Lipinski definition) is 1. The molecule has 0 aliphatic carbocycles. The van der Waals surface area contributed by atoms with E-state index in [-0.39, 0.29) is 0 Å². The predicted octanol–water partition coefficient (Wildman–Crippen LogP) is 3.43. The Hall–Kier alpha value is -0.800. The summed E-state index contributed by atoms with van der Waals surface area (Å²) in [5.41, 5.74) is 1.60. The molecule has 0 radical (unpaired) electrons. The zero-order valence-corrected chi connectivity index (χ0v) is 13.4. The summed E-state index contributed by atoms with van der Waals surface area (Å²) < 4.78 is 5.34. The van der Waals surface area contributed by atoms with Gasteiger partial charge in [-0.1, -0.05) is 27.7 Å². The van der Waals surface area contributed by atoms with E-state index in [1.54, 1.807) is 6.26 Å². The lowest BCUT2D eigenvalue weighted by atomic mass is 9.84. The van der Waals surface area contributed by atoms with Crippen LogP contribution in [0.1, 0.15) is 45.4 Å². The quantitative estimate of drug-likeness (QED) is 0.819. The van der Waals surface area contributed by atoms with Crippen molar-refractivity contribution in [3.63, 3.8) is 0 Å². The van der Waals surface area contributed by atoms with Crippen LogP contribution in [0.15, 0.2) is 16.7 Å². The lowest BCUT2D eigenvalue weighted by molar-refractivity contribution is 0.220. The largest absolute Gasteiger partial charge is 0.469 e. The first-order chi connectivity index (χ1) is 8.84. The van der Waals surface area contributed by atoms with Crippen LogP contribution < -0.4 is 5.32 Å². The minimum atomic E-state index is 0.308. The molecule has 19 heavy (non-hydrogen) atoms. The fourth-order valence-electron chi connectivity index (χ4n) is 2.38. The van der Waals surface area contributed by atoms with Gasteiger partial charge in [0.05, 0.1) is 6.26 Å². The first-order valence-electron chi connectivity index (χ1n) is 7.29. The SMILES string of the molecule is CCNC(CCN(C)Cc1ccoc1C)C(C)(C)C. The van der Waals surface area contributed by atoms with Gasteiger partial charge in [-0.3, -0.25) is 0 Å². The van der Waals surface area contributed by atoms with Crippen molar-refractivity contribution in [2.24, 2.45) is 5.41 Å². The zero-order valence-electron chi connectivity index (χ0n) is 13.4. The summed E-state index contributed by atoms with van der Waals surface area (Å²) in [6, 6.07) is 2.63. The second-order valence-corrected chi connectivity index (χ2v) is 6.50. The van der Waals surface area contributed by atoms with Crippen molar-refractivity contribution in [2.75, 3.05) is 20.1 Å². The van der Waals surface area contributed by atoms with E-state index in [2.05, 4.69) is 51.0 Å². The molecule has 1 rings (SSSR count). The van der Waals surface area contributed by atoms with Gasteiger partial charge in [0.1, 0.15) is 5.76 Å². The Bertz CT molecular complexity index is 365. The van der Waals surface area contributed by atoms with Crippen LogP contribution in [0.4, 0.5) is 0 Å². The summed E-state index contributed by atoms with van der Waals surface area (Å²) in [7, 11) is 2.18. The highest BCUT2D eigenvalue weighted by Crippen LogP contribution is 2.22. The summed E-state index contributed by atoms with van der Waals surface area (Å²) in [5, 5.41) is 3.60. The standard InChI is InChI=1S/C16H30N2O/c1-7-17-15(16(3,4)5)8-10-18(6)12-14-9-11-19-13(14)2/h9,11,15,17H,7-8,10,12H2,1-6H3. The van der Waals surface area contributed by atoms with Gasteiger partial charge in [0.25, 0.3) is 0 Å². The average Bonchev–Trinajstić information content (AvgIpc) is 2.69. The molecular weight excluding hydrogens is 236 g/mol. The Labute approximate surface area is 118 Å². The molecular formula is C16H30N2O. The molecule has 0 fully saturated rings. The van der Waals surface area contributed by atoms with Crippen molar-refractivity contribution in [1.29, 1.82) is 0 Å². The smallest absolute Gasteiger partial charge is 0.105 e. The summed E-state index contributed by atoms with van der Waals surface area (Å²) in [5.74, 6) is 1.03. The van der Waals surface area contributed by atoms with Gasteiger partial charge in [-0.25, -0.2) is 0 Å². The zero-order chi connectivity index (χ0) is 14.5. The molecule has 1 N–H and O–H groups in total. The lowest BCUT2D eigenvalue weighted by Crippen LogP contribution is -2.42. The molecule has 1 aromatic rings. The minimum Gasteiger partial charge on any atom is -0.469 e. The normalized spacial score (nSPS) is 14.1. The van der Waals surface area contributed by atoms with E-state index < -0.39 is 0 Å². The Morgan fingerprint density at radius 3 is 2.53 bits per heavy atom. The van der Waals surface area contributed by atoms with Crippen LogP contribution >= 0.6 is 0 Å². The third kappa shape index (κ3) is 5.37. The van der Waals surface area contributed by atoms with E-state index in [0.717, 1.165) is 25.4 Å². The van der Waals surface area contributed by atoms with Crippen molar-refractivity contribution < 1.29 is 4.42 Å². The minimum absolute atomic E-state index is 0.308. The molecule has 0 bridgehead atoms. The van der Waals surface area contributed by atoms with Gasteiger partial charge >= 0.3 is 0 Å². The molecule has 1 aromatic heterocycles. The molecule has 0 amide bonds. The molecule has 0 aromatic carbocycles. The van der Waals surface area contributed by atoms with Crippen molar-refractivity contribution in [3.05, 3.63) is 23.7 Å². The molecule has 3 heteroatoms. The summed E-state index contributed by atoms with van der Waals surface area (Å²) >= 11 is 0. The van der Waals surface area contributed by atoms with Gasteiger partial charge in [0.2, 0.25) is 0 Å². The Morgan fingerprint density at radius 2 is 2.05 bits per heavy atom. The molecule has 1 heterocycles. The predicted molar refractivity (Wildman–Crippen MR) is 81.3 cm³/mol. The maximum atomic E-state index is 5.34. The number of nitrogens with zero attached hydrogens (tertiary/aromatic N) is 1. The van der Waals surface area contributed by atoms with E-state index in [9.17, 15) is 0 Å². The van der Waals surface area contributed by atoms with Crippen LogP contribution in [0, 0.1) is 12.3 Å². The summed E-state index contributed by atoms with van der Waals surface area (Å²) in [6.45, 7) is 14.2. The number of nitrogens with one attached hydrogen (secondary N) is 1. The molecule has 3 nitrogen and oxygen atoms in total. The van der Waals surface area contributed by atoms with Crippen molar-refractivity contribution in [2.45, 2.75) is 53.6 Å². The second-order valence-electron chi connectivity index (χ2n) is 6.50. The fraction of sp³-hybridized carbons (Fsp3) is 0.750. The molecule has 1 atom stereocenters. The van der Waals surface area contributed by atoms with E-state index in [1.165, 1.54) is 12.0 Å². The molecule has 0 aliphatic rings. The first-order valence-corrected chi connectivity index (χ1v) is 7.29. The monoisotopic (exact) mass is 266 g/mol. The van der Waals surface area contributed by atoms with Crippen LogP contribution in [-0.4, -0.2) is 31.1 Å². The van der Waals surface area contributed by atoms with Crippen LogP contribution in [0.2, 0.25) is 0 Å². The van der Waals surface area contributed by atoms with E-state index in [1.807, 2.05) is 6.92 Å². The molecule has 0 spiro atoms. The molecule has 0 saturated heterocycles. The topological polar surface area (TPSA) is 28.4 Å². The number of rotatable bonds is 7. The Kier molecular flexibility index (Phi) is 6.08. The highest BCUT2D eigenvalue weighted by molar-refractivity contribution is 5.14. The Morgan fingerprint density at radius 1 is 1.37 bits per heavy atom. The Balaban J connectivity index is 2.44. The molecule has 1 unspecified atom stereocenters. The summed E-state index contributed by atoms with van der Waals surface area (Å²) in [4.78, 5) is 2.37. The van der Waals surface area contributed by atoms with Crippen LogP contribution in [0.5, 0.6) is 0 Å². The fourth-order valence-corrected chi connectivity index (χ4v) is 2.38. The number of hydrogen-bond acceptors (Lipinski definition) is 3. The third-order valence-corrected chi connectivity index (χ3v) is 3.70. The van der Waals surface area contributed by atoms with Crippen molar-refractivity contribution in [3.8, 4) is 0 Å². The summed E-state index contributed by atoms with van der Waals surface area (Å²) in [6.07, 6.45) is 2.94. The molecule has 0 aliphatic heterocycles. The van der Waals surface area contributed by atoms with Crippen LogP contribution in [0.3, 0.4) is 0 Å². The van der Waals surface area contributed by atoms with Gasteiger partial charge in [-0.2, -0.15) is 0 Å². The first kappa shape index (κ1) is 16.3. The highest BCUT2D eigenvalue weighted by atomic mass is 16.3. The van der Waals surface area contributed by atoms with Gasteiger partial charge in [-0.15, -0.1) is 0 Å². The van der Waals surface area contributed by atoms with Gasteiger partial charge in [0, 0.05) is 18.2 Å². The lowest BCUT2D eigenvalue weighted by Gasteiger charge is -2.32. The third-order valence-electron chi connectivity index (χ3n) is 3.70. The van der Waals surface area contributed by atoms with Gasteiger partial charge in [-0.05, 0) is 45.0 Å². The number of furan rings is 1. The average molecular weight is 266 g/mol.